The Morgan fingerprint density at radius 1 is 1.17 bits per heavy atom. The van der Waals surface area contributed by atoms with Crippen molar-refractivity contribution in [3.63, 3.8) is 0 Å². The van der Waals surface area contributed by atoms with Gasteiger partial charge in [0.25, 0.3) is 0 Å². The second kappa shape index (κ2) is 6.61. The van der Waals surface area contributed by atoms with Crippen LogP contribution in [0.5, 0.6) is 0 Å². The predicted octanol–water partition coefficient (Wildman–Crippen LogP) is 2.06. The smallest absolute Gasteiger partial charge is 0.240 e. The van der Waals surface area contributed by atoms with E-state index in [0.29, 0.717) is 6.54 Å². The molecule has 126 valence electrons. The van der Waals surface area contributed by atoms with Crippen LogP contribution >= 0.6 is 0 Å². The lowest BCUT2D eigenvalue weighted by molar-refractivity contribution is -0.137. The molecule has 3 rings (SSSR count). The van der Waals surface area contributed by atoms with Crippen LogP contribution in [0.2, 0.25) is 0 Å². The molecular formula is C17H24N2O3S. The SMILES string of the molecule is CNS(=O)(=O)c1ccc2c(c1)CN(C(=O)C1CCCCC1)CC2. The van der Waals surface area contributed by atoms with Crippen LogP contribution < -0.4 is 4.72 Å². The monoisotopic (exact) mass is 336 g/mol. The number of hydrogen-bond acceptors (Lipinski definition) is 3. The Bertz CT molecular complexity index is 694. The molecule has 1 saturated carbocycles. The third-order valence-electron chi connectivity index (χ3n) is 5.04. The zero-order valence-corrected chi connectivity index (χ0v) is 14.4. The summed E-state index contributed by atoms with van der Waals surface area (Å²) in [6, 6.07) is 5.23. The first-order valence-electron chi connectivity index (χ1n) is 8.35. The van der Waals surface area contributed by atoms with Crippen LogP contribution in [-0.2, 0) is 27.8 Å². The minimum Gasteiger partial charge on any atom is -0.338 e. The van der Waals surface area contributed by atoms with Gasteiger partial charge in [0.05, 0.1) is 4.90 Å². The first-order valence-corrected chi connectivity index (χ1v) is 9.84. The molecule has 0 unspecified atom stereocenters. The van der Waals surface area contributed by atoms with Crippen LogP contribution in [0.4, 0.5) is 0 Å². The summed E-state index contributed by atoms with van der Waals surface area (Å²) in [6.07, 6.45) is 6.31. The fourth-order valence-corrected chi connectivity index (χ4v) is 4.39. The molecular weight excluding hydrogens is 312 g/mol. The van der Waals surface area contributed by atoms with Crippen LogP contribution in [0.25, 0.3) is 0 Å². The van der Waals surface area contributed by atoms with Gasteiger partial charge in [-0.2, -0.15) is 0 Å². The molecule has 0 bridgehead atoms. The van der Waals surface area contributed by atoms with Crippen LogP contribution in [-0.4, -0.2) is 32.8 Å². The number of nitrogens with zero attached hydrogens (tertiary/aromatic N) is 1. The Balaban J connectivity index is 1.79. The lowest BCUT2D eigenvalue weighted by atomic mass is 9.87. The number of fused-ring (bicyclic) bond motifs is 1. The number of hydrogen-bond donors (Lipinski definition) is 1. The van der Waals surface area contributed by atoms with E-state index in [1.807, 2.05) is 11.0 Å². The molecule has 1 aliphatic carbocycles. The summed E-state index contributed by atoms with van der Waals surface area (Å²) in [4.78, 5) is 14.9. The fraction of sp³-hybridized carbons (Fsp3) is 0.588. The Labute approximate surface area is 138 Å². The Hall–Kier alpha value is -1.40. The molecule has 0 atom stereocenters. The predicted molar refractivity (Wildman–Crippen MR) is 88.4 cm³/mol. The van der Waals surface area contributed by atoms with E-state index in [-0.39, 0.29) is 16.7 Å². The first kappa shape index (κ1) is 16.5. The number of rotatable bonds is 3. The van der Waals surface area contributed by atoms with E-state index in [2.05, 4.69) is 4.72 Å². The van der Waals surface area contributed by atoms with Gasteiger partial charge in [0, 0.05) is 19.0 Å². The van der Waals surface area contributed by atoms with Crippen molar-refractivity contribution in [2.24, 2.45) is 5.92 Å². The summed E-state index contributed by atoms with van der Waals surface area (Å²) in [7, 11) is -2.03. The molecule has 0 saturated heterocycles. The molecule has 0 spiro atoms. The minimum atomic E-state index is -3.44. The van der Waals surface area contributed by atoms with E-state index in [9.17, 15) is 13.2 Å². The average Bonchev–Trinajstić information content (AvgIpc) is 2.60. The maximum atomic E-state index is 12.7. The van der Waals surface area contributed by atoms with Gasteiger partial charge in [-0.15, -0.1) is 0 Å². The molecule has 23 heavy (non-hydrogen) atoms. The highest BCUT2D eigenvalue weighted by molar-refractivity contribution is 7.89. The zero-order chi connectivity index (χ0) is 16.4. The molecule has 1 aromatic rings. The molecule has 6 heteroatoms. The number of nitrogens with one attached hydrogen (secondary N) is 1. The van der Waals surface area contributed by atoms with E-state index < -0.39 is 10.0 Å². The van der Waals surface area contributed by atoms with Gasteiger partial charge in [-0.25, -0.2) is 13.1 Å². The van der Waals surface area contributed by atoms with E-state index in [1.54, 1.807) is 12.1 Å². The molecule has 1 amide bonds. The number of amides is 1. The van der Waals surface area contributed by atoms with Crippen molar-refractivity contribution in [1.82, 2.24) is 9.62 Å². The molecule has 0 radical (unpaired) electrons. The number of carbonyl (C=O) groups excluding carboxylic acids is 1. The summed E-state index contributed by atoms with van der Waals surface area (Å²) in [5.74, 6) is 0.409. The minimum absolute atomic E-state index is 0.162. The maximum absolute atomic E-state index is 12.7. The van der Waals surface area contributed by atoms with Gasteiger partial charge in [-0.05, 0) is 49.6 Å². The lowest BCUT2D eigenvalue weighted by Gasteiger charge is -2.33. The van der Waals surface area contributed by atoms with Crippen molar-refractivity contribution in [3.05, 3.63) is 29.3 Å². The van der Waals surface area contributed by atoms with Gasteiger partial charge in [0.2, 0.25) is 15.9 Å². The van der Waals surface area contributed by atoms with E-state index >= 15 is 0 Å². The summed E-state index contributed by atoms with van der Waals surface area (Å²) in [5, 5.41) is 0. The summed E-state index contributed by atoms with van der Waals surface area (Å²) >= 11 is 0. The topological polar surface area (TPSA) is 66.5 Å². The van der Waals surface area contributed by atoms with Gasteiger partial charge in [0.1, 0.15) is 0 Å². The van der Waals surface area contributed by atoms with Crippen molar-refractivity contribution in [1.29, 1.82) is 0 Å². The zero-order valence-electron chi connectivity index (χ0n) is 13.5. The number of benzene rings is 1. The van der Waals surface area contributed by atoms with Gasteiger partial charge in [-0.1, -0.05) is 25.3 Å². The summed E-state index contributed by atoms with van der Waals surface area (Å²) < 4.78 is 26.3. The maximum Gasteiger partial charge on any atom is 0.240 e. The highest BCUT2D eigenvalue weighted by Crippen LogP contribution is 2.28. The fourth-order valence-electron chi connectivity index (χ4n) is 3.61. The standard InChI is InChI=1S/C17H24N2O3S/c1-18-23(21,22)16-8-7-13-9-10-19(12-15(13)11-16)17(20)14-5-3-2-4-6-14/h7-8,11,14,18H,2-6,9-10,12H2,1H3. The highest BCUT2D eigenvalue weighted by atomic mass is 32.2. The molecule has 2 aliphatic rings. The van der Waals surface area contributed by atoms with Gasteiger partial charge in [-0.3, -0.25) is 4.79 Å². The summed E-state index contributed by atoms with van der Waals surface area (Å²) in [6.45, 7) is 1.26. The largest absolute Gasteiger partial charge is 0.338 e. The molecule has 1 fully saturated rings. The Morgan fingerprint density at radius 2 is 1.91 bits per heavy atom. The van der Waals surface area contributed by atoms with Crippen molar-refractivity contribution in [2.45, 2.75) is 50.0 Å². The molecule has 5 nitrogen and oxygen atoms in total. The Morgan fingerprint density at radius 3 is 2.61 bits per heavy atom. The number of sulfonamides is 1. The second-order valence-corrected chi connectivity index (χ2v) is 8.37. The quantitative estimate of drug-likeness (QED) is 0.919. The van der Waals surface area contributed by atoms with Gasteiger partial charge >= 0.3 is 0 Å². The van der Waals surface area contributed by atoms with Crippen molar-refractivity contribution < 1.29 is 13.2 Å². The average molecular weight is 336 g/mol. The van der Waals surface area contributed by atoms with E-state index in [1.165, 1.54) is 13.5 Å². The second-order valence-electron chi connectivity index (χ2n) is 6.48. The van der Waals surface area contributed by atoms with Gasteiger partial charge in [0.15, 0.2) is 0 Å². The lowest BCUT2D eigenvalue weighted by Crippen LogP contribution is -2.40. The van der Waals surface area contributed by atoms with Gasteiger partial charge < -0.3 is 4.90 Å². The first-order chi connectivity index (χ1) is 11.0. The van der Waals surface area contributed by atoms with E-state index in [0.717, 1.165) is 49.8 Å². The normalized spacial score (nSPS) is 19.4. The van der Waals surface area contributed by atoms with Crippen LogP contribution in [0.15, 0.2) is 23.1 Å². The Kier molecular flexibility index (Phi) is 4.73. The molecule has 1 aromatic carbocycles. The van der Waals surface area contributed by atoms with Crippen molar-refractivity contribution in [3.8, 4) is 0 Å². The number of carbonyl (C=O) groups is 1. The third-order valence-corrected chi connectivity index (χ3v) is 6.45. The van der Waals surface area contributed by atoms with Crippen molar-refractivity contribution in [2.75, 3.05) is 13.6 Å². The molecule has 1 aliphatic heterocycles. The summed E-state index contributed by atoms with van der Waals surface area (Å²) in [5.41, 5.74) is 2.10. The van der Waals surface area contributed by atoms with Crippen LogP contribution in [0.3, 0.4) is 0 Å². The molecule has 0 aromatic heterocycles. The van der Waals surface area contributed by atoms with Crippen LogP contribution in [0.1, 0.15) is 43.2 Å². The molecule has 1 N–H and O–H groups in total. The molecule has 1 heterocycles. The highest BCUT2D eigenvalue weighted by Gasteiger charge is 2.28. The van der Waals surface area contributed by atoms with Crippen molar-refractivity contribution >= 4 is 15.9 Å². The van der Waals surface area contributed by atoms with E-state index in [4.69, 9.17) is 0 Å². The van der Waals surface area contributed by atoms with Crippen LogP contribution in [0, 0.1) is 5.92 Å². The third kappa shape index (κ3) is 3.43.